The number of aromatic nitrogens is 2. The quantitative estimate of drug-likeness (QED) is 0.855. The van der Waals surface area contributed by atoms with Gasteiger partial charge in [0.1, 0.15) is 11.4 Å². The molecule has 0 bridgehead atoms. The van der Waals surface area contributed by atoms with Crippen molar-refractivity contribution < 1.29 is 14.6 Å². The van der Waals surface area contributed by atoms with Gasteiger partial charge in [0.2, 0.25) is 0 Å². The van der Waals surface area contributed by atoms with E-state index in [1.807, 2.05) is 13.8 Å². The lowest BCUT2D eigenvalue weighted by Gasteiger charge is -2.14. The number of carbonyl (C=O) groups is 1. The zero-order valence-electron chi connectivity index (χ0n) is 13.0. The Labute approximate surface area is 129 Å². The van der Waals surface area contributed by atoms with Gasteiger partial charge in [0.25, 0.3) is 5.91 Å². The lowest BCUT2D eigenvalue weighted by atomic mass is 10.1. The Bertz CT molecular complexity index is 620. The molecule has 0 radical (unpaired) electrons. The first-order valence-corrected chi connectivity index (χ1v) is 7.16. The van der Waals surface area contributed by atoms with E-state index in [0.717, 1.165) is 11.3 Å². The molecule has 6 nitrogen and oxygen atoms in total. The van der Waals surface area contributed by atoms with Gasteiger partial charge < -0.3 is 15.2 Å². The molecular formula is C16H21N3O3. The van der Waals surface area contributed by atoms with Crippen LogP contribution in [-0.2, 0) is 0 Å². The number of amides is 1. The summed E-state index contributed by atoms with van der Waals surface area (Å²) in [7, 11) is 1.59. The third-order valence-corrected chi connectivity index (χ3v) is 3.35. The number of rotatable bonds is 6. The number of hydrogen-bond donors (Lipinski definition) is 2. The van der Waals surface area contributed by atoms with Crippen molar-refractivity contribution in [3.05, 3.63) is 47.8 Å². The van der Waals surface area contributed by atoms with E-state index in [0.29, 0.717) is 5.69 Å². The fraction of sp³-hybridized carbons (Fsp3) is 0.375. The molecule has 1 aromatic heterocycles. The van der Waals surface area contributed by atoms with Crippen molar-refractivity contribution in [1.29, 1.82) is 0 Å². The monoisotopic (exact) mass is 303 g/mol. The molecule has 0 fully saturated rings. The molecule has 6 heteroatoms. The van der Waals surface area contributed by atoms with Gasteiger partial charge in [-0.15, -0.1) is 0 Å². The minimum absolute atomic E-state index is 0.0993. The smallest absolute Gasteiger partial charge is 0.269 e. The van der Waals surface area contributed by atoms with Gasteiger partial charge in [-0.25, -0.2) is 0 Å². The third-order valence-electron chi connectivity index (χ3n) is 3.35. The van der Waals surface area contributed by atoms with E-state index >= 15 is 0 Å². The first-order valence-electron chi connectivity index (χ1n) is 7.16. The second kappa shape index (κ2) is 7.09. The van der Waals surface area contributed by atoms with Crippen LogP contribution in [0, 0.1) is 0 Å². The number of methoxy groups -OCH3 is 1. The summed E-state index contributed by atoms with van der Waals surface area (Å²) in [5.74, 6) is 0.472. The molecule has 22 heavy (non-hydrogen) atoms. The van der Waals surface area contributed by atoms with E-state index in [1.165, 1.54) is 0 Å². The molecule has 0 saturated heterocycles. The minimum Gasteiger partial charge on any atom is -0.497 e. The van der Waals surface area contributed by atoms with Crippen molar-refractivity contribution >= 4 is 5.91 Å². The number of hydrogen-bond acceptors (Lipinski definition) is 4. The van der Waals surface area contributed by atoms with E-state index in [9.17, 15) is 9.90 Å². The molecule has 1 heterocycles. The lowest BCUT2D eigenvalue weighted by molar-refractivity contribution is 0.0904. The van der Waals surface area contributed by atoms with Crippen molar-refractivity contribution in [3.8, 4) is 5.75 Å². The van der Waals surface area contributed by atoms with E-state index in [1.54, 1.807) is 48.3 Å². The van der Waals surface area contributed by atoms with Crippen molar-refractivity contribution in [2.24, 2.45) is 0 Å². The molecule has 1 aromatic carbocycles. The van der Waals surface area contributed by atoms with Crippen molar-refractivity contribution in [3.63, 3.8) is 0 Å². The second-order valence-corrected chi connectivity index (χ2v) is 5.25. The van der Waals surface area contributed by atoms with Crippen LogP contribution < -0.4 is 10.1 Å². The number of nitrogens with zero attached hydrogens (tertiary/aromatic N) is 2. The molecule has 1 amide bonds. The van der Waals surface area contributed by atoms with Crippen molar-refractivity contribution in [2.45, 2.75) is 26.0 Å². The maximum atomic E-state index is 12.2. The van der Waals surface area contributed by atoms with Gasteiger partial charge in [-0.3, -0.25) is 9.48 Å². The zero-order valence-corrected chi connectivity index (χ0v) is 13.0. The topological polar surface area (TPSA) is 76.4 Å². The molecule has 0 aliphatic carbocycles. The summed E-state index contributed by atoms with van der Waals surface area (Å²) in [5, 5.41) is 17.0. The molecule has 2 rings (SSSR count). The number of carbonyl (C=O) groups excluding carboxylic acids is 1. The second-order valence-electron chi connectivity index (χ2n) is 5.25. The van der Waals surface area contributed by atoms with E-state index in [-0.39, 0.29) is 18.5 Å². The van der Waals surface area contributed by atoms with Gasteiger partial charge in [0, 0.05) is 18.8 Å². The molecule has 2 N–H and O–H groups in total. The van der Waals surface area contributed by atoms with Crippen molar-refractivity contribution in [2.75, 3.05) is 13.7 Å². The van der Waals surface area contributed by atoms with E-state index in [4.69, 9.17) is 4.74 Å². The fourth-order valence-electron chi connectivity index (χ4n) is 2.13. The SMILES string of the molecule is COc1ccc(C(O)CNC(=O)c2ccnn2C(C)C)cc1. The number of aliphatic hydroxyl groups is 1. The Balaban J connectivity index is 1.96. The summed E-state index contributed by atoms with van der Waals surface area (Å²) >= 11 is 0. The predicted octanol–water partition coefficient (Wildman–Crippen LogP) is 1.94. The summed E-state index contributed by atoms with van der Waals surface area (Å²) < 4.78 is 6.72. The summed E-state index contributed by atoms with van der Waals surface area (Å²) in [6, 6.07) is 8.85. The molecule has 0 aliphatic rings. The highest BCUT2D eigenvalue weighted by molar-refractivity contribution is 5.92. The highest BCUT2D eigenvalue weighted by Crippen LogP contribution is 2.17. The van der Waals surface area contributed by atoms with Gasteiger partial charge in [-0.05, 0) is 37.6 Å². The van der Waals surface area contributed by atoms with Gasteiger partial charge in [-0.2, -0.15) is 5.10 Å². The van der Waals surface area contributed by atoms with Crippen LogP contribution in [0.2, 0.25) is 0 Å². The Hall–Kier alpha value is -2.34. The average Bonchev–Trinajstić information content (AvgIpc) is 3.02. The van der Waals surface area contributed by atoms with E-state index in [2.05, 4.69) is 10.4 Å². The molecule has 0 spiro atoms. The van der Waals surface area contributed by atoms with Crippen LogP contribution in [0.5, 0.6) is 5.75 Å². The Morgan fingerprint density at radius 2 is 2.00 bits per heavy atom. The van der Waals surface area contributed by atoms with Gasteiger partial charge >= 0.3 is 0 Å². The molecular weight excluding hydrogens is 282 g/mol. The van der Waals surface area contributed by atoms with Crippen LogP contribution >= 0.6 is 0 Å². The normalized spacial score (nSPS) is 12.2. The zero-order chi connectivity index (χ0) is 16.1. The van der Waals surface area contributed by atoms with Crippen LogP contribution in [0.25, 0.3) is 0 Å². The number of ether oxygens (including phenoxy) is 1. The van der Waals surface area contributed by atoms with Crippen LogP contribution in [0.1, 0.15) is 42.0 Å². The number of nitrogens with one attached hydrogen (secondary N) is 1. The van der Waals surface area contributed by atoms with Crippen LogP contribution in [0.3, 0.4) is 0 Å². The standard InChI is InChI=1S/C16H21N3O3/c1-11(2)19-14(8-9-18-19)16(21)17-10-15(20)12-4-6-13(22-3)7-5-12/h4-9,11,15,20H,10H2,1-3H3,(H,17,21). The Kier molecular flexibility index (Phi) is 5.16. The molecule has 1 unspecified atom stereocenters. The summed E-state index contributed by atoms with van der Waals surface area (Å²) in [6.07, 6.45) is 0.819. The maximum absolute atomic E-state index is 12.2. The first-order chi connectivity index (χ1) is 10.5. The predicted molar refractivity (Wildman–Crippen MR) is 82.9 cm³/mol. The Morgan fingerprint density at radius 3 is 2.59 bits per heavy atom. The largest absolute Gasteiger partial charge is 0.497 e. The van der Waals surface area contributed by atoms with E-state index < -0.39 is 6.10 Å². The number of aliphatic hydroxyl groups excluding tert-OH is 1. The molecule has 0 saturated carbocycles. The molecule has 118 valence electrons. The summed E-state index contributed by atoms with van der Waals surface area (Å²) in [4.78, 5) is 12.2. The fourth-order valence-corrected chi connectivity index (χ4v) is 2.13. The summed E-state index contributed by atoms with van der Waals surface area (Å²) in [6.45, 7) is 4.04. The van der Waals surface area contributed by atoms with Crippen molar-refractivity contribution in [1.82, 2.24) is 15.1 Å². The molecule has 1 atom stereocenters. The maximum Gasteiger partial charge on any atom is 0.269 e. The third kappa shape index (κ3) is 3.65. The highest BCUT2D eigenvalue weighted by atomic mass is 16.5. The van der Waals surface area contributed by atoms with Gasteiger partial charge in [0.05, 0.1) is 13.2 Å². The average molecular weight is 303 g/mol. The van der Waals surface area contributed by atoms with Gasteiger partial charge in [-0.1, -0.05) is 12.1 Å². The van der Waals surface area contributed by atoms with Crippen LogP contribution in [0.15, 0.2) is 36.5 Å². The lowest BCUT2D eigenvalue weighted by Crippen LogP contribution is -2.30. The van der Waals surface area contributed by atoms with Crippen LogP contribution in [0.4, 0.5) is 0 Å². The summed E-state index contributed by atoms with van der Waals surface area (Å²) in [5.41, 5.74) is 1.20. The minimum atomic E-state index is -0.773. The first kappa shape index (κ1) is 16.0. The highest BCUT2D eigenvalue weighted by Gasteiger charge is 2.15. The van der Waals surface area contributed by atoms with Gasteiger partial charge in [0.15, 0.2) is 0 Å². The molecule has 2 aromatic rings. The molecule has 0 aliphatic heterocycles. The number of benzene rings is 1. The van der Waals surface area contributed by atoms with Crippen LogP contribution in [-0.4, -0.2) is 34.4 Å². The Morgan fingerprint density at radius 1 is 1.32 bits per heavy atom.